The summed E-state index contributed by atoms with van der Waals surface area (Å²) in [6.45, 7) is 0.0623. The highest BCUT2D eigenvalue weighted by Gasteiger charge is 2.31. The molecule has 9 heteroatoms. The van der Waals surface area contributed by atoms with Crippen LogP contribution in [-0.4, -0.2) is 25.9 Å². The van der Waals surface area contributed by atoms with Crippen molar-refractivity contribution in [3.05, 3.63) is 33.3 Å². The van der Waals surface area contributed by atoms with Gasteiger partial charge in [-0.05, 0) is 30.9 Å². The van der Waals surface area contributed by atoms with Crippen molar-refractivity contribution < 1.29 is 13.3 Å². The van der Waals surface area contributed by atoms with Gasteiger partial charge in [0.15, 0.2) is 4.90 Å². The van der Waals surface area contributed by atoms with E-state index in [1.54, 1.807) is 0 Å². The molecule has 1 aromatic rings. The summed E-state index contributed by atoms with van der Waals surface area (Å²) in [6.07, 6.45) is 1.98. The van der Waals surface area contributed by atoms with Gasteiger partial charge >= 0.3 is 0 Å². The van der Waals surface area contributed by atoms with Crippen LogP contribution in [0.4, 0.5) is 5.69 Å². The second-order valence-corrected chi connectivity index (χ2v) is 6.89. The van der Waals surface area contributed by atoms with E-state index in [1.807, 2.05) is 0 Å². The lowest BCUT2D eigenvalue weighted by Gasteiger charge is -2.12. The topological polar surface area (TPSA) is 115 Å². The van der Waals surface area contributed by atoms with Crippen molar-refractivity contribution in [3.8, 4) is 0 Å². The Morgan fingerprint density at radius 3 is 2.70 bits per heavy atom. The van der Waals surface area contributed by atoms with Gasteiger partial charge in [0.05, 0.1) is 4.92 Å². The highest BCUT2D eigenvalue weighted by molar-refractivity contribution is 7.89. The molecule has 110 valence electrons. The van der Waals surface area contributed by atoms with Gasteiger partial charge in [-0.3, -0.25) is 10.1 Å². The van der Waals surface area contributed by atoms with E-state index in [1.165, 1.54) is 6.07 Å². The molecule has 0 spiro atoms. The summed E-state index contributed by atoms with van der Waals surface area (Å²) in [7, 11) is -3.98. The molecule has 1 aromatic carbocycles. The highest BCUT2D eigenvalue weighted by atomic mass is 35.5. The molecular formula is C11H14ClN3O4S. The Morgan fingerprint density at radius 1 is 1.50 bits per heavy atom. The van der Waals surface area contributed by atoms with Crippen LogP contribution >= 0.6 is 11.6 Å². The maximum atomic E-state index is 12.1. The minimum absolute atomic E-state index is 0.0623. The zero-order chi connectivity index (χ0) is 14.9. The Labute approximate surface area is 121 Å². The number of nitro groups is 1. The van der Waals surface area contributed by atoms with E-state index in [0.29, 0.717) is 5.92 Å². The van der Waals surface area contributed by atoms with Gasteiger partial charge in [-0.15, -0.1) is 0 Å². The Kier molecular flexibility index (Phi) is 4.28. The van der Waals surface area contributed by atoms with Crippen LogP contribution in [0.5, 0.6) is 0 Å². The van der Waals surface area contributed by atoms with Crippen LogP contribution in [0.1, 0.15) is 12.8 Å². The molecule has 1 atom stereocenters. The fourth-order valence-corrected chi connectivity index (χ4v) is 3.22. The lowest BCUT2D eigenvalue weighted by molar-refractivity contribution is -0.387. The number of nitro benzene ring substituents is 1. The smallest absolute Gasteiger partial charge is 0.290 e. The number of nitrogens with zero attached hydrogens (tertiary/aromatic N) is 1. The van der Waals surface area contributed by atoms with Crippen LogP contribution in [0.3, 0.4) is 0 Å². The van der Waals surface area contributed by atoms with E-state index < -0.39 is 25.5 Å². The van der Waals surface area contributed by atoms with Crippen molar-refractivity contribution in [1.82, 2.24) is 4.72 Å². The molecule has 1 aliphatic rings. The molecule has 1 fully saturated rings. The first-order valence-electron chi connectivity index (χ1n) is 6.00. The van der Waals surface area contributed by atoms with E-state index in [-0.39, 0.29) is 17.6 Å². The van der Waals surface area contributed by atoms with Gasteiger partial charge in [-0.2, -0.15) is 0 Å². The van der Waals surface area contributed by atoms with Crippen LogP contribution in [-0.2, 0) is 10.0 Å². The molecule has 0 aromatic heterocycles. The number of hydrogen-bond acceptors (Lipinski definition) is 5. The highest BCUT2D eigenvalue weighted by Crippen LogP contribution is 2.31. The Balaban J connectivity index is 2.22. The lowest BCUT2D eigenvalue weighted by atomic mass is 10.2. The van der Waals surface area contributed by atoms with Crippen LogP contribution in [0.25, 0.3) is 0 Å². The number of hydrogen-bond donors (Lipinski definition) is 2. The summed E-state index contributed by atoms with van der Waals surface area (Å²) in [6, 6.07) is 3.16. The zero-order valence-electron chi connectivity index (χ0n) is 10.5. The number of nitrogens with two attached hydrogens (primary N) is 1. The summed E-state index contributed by atoms with van der Waals surface area (Å²) in [5, 5.41) is 11.0. The van der Waals surface area contributed by atoms with E-state index in [9.17, 15) is 18.5 Å². The molecule has 0 amide bonds. The second-order valence-electron chi connectivity index (χ2n) is 4.72. The number of nitrogens with one attached hydrogen (secondary N) is 1. The average Bonchev–Trinajstić information content (AvgIpc) is 3.19. The number of halogens is 1. The molecule has 0 bridgehead atoms. The number of sulfonamides is 1. The van der Waals surface area contributed by atoms with Gasteiger partial charge in [0, 0.05) is 23.7 Å². The van der Waals surface area contributed by atoms with Gasteiger partial charge in [0.25, 0.3) is 5.69 Å². The summed E-state index contributed by atoms with van der Waals surface area (Å²) >= 11 is 5.65. The van der Waals surface area contributed by atoms with Gasteiger partial charge in [-0.1, -0.05) is 11.6 Å². The van der Waals surface area contributed by atoms with Gasteiger partial charge in [0.1, 0.15) is 0 Å². The third-order valence-corrected chi connectivity index (χ3v) is 4.85. The van der Waals surface area contributed by atoms with Crippen molar-refractivity contribution in [2.75, 3.05) is 6.54 Å². The predicted molar refractivity (Wildman–Crippen MR) is 74.0 cm³/mol. The Bertz CT molecular complexity index is 631. The summed E-state index contributed by atoms with van der Waals surface area (Å²) in [5.74, 6) is 0.331. The van der Waals surface area contributed by atoms with Crippen LogP contribution in [0, 0.1) is 16.0 Å². The molecular weight excluding hydrogens is 306 g/mol. The zero-order valence-corrected chi connectivity index (χ0v) is 12.0. The lowest BCUT2D eigenvalue weighted by Crippen LogP contribution is -2.38. The molecule has 0 heterocycles. The maximum absolute atomic E-state index is 12.1. The molecule has 0 radical (unpaired) electrons. The van der Waals surface area contributed by atoms with Gasteiger partial charge in [0.2, 0.25) is 10.0 Å². The summed E-state index contributed by atoms with van der Waals surface area (Å²) in [5.41, 5.74) is 5.25. The van der Waals surface area contributed by atoms with Gasteiger partial charge < -0.3 is 5.73 Å². The van der Waals surface area contributed by atoms with E-state index in [2.05, 4.69) is 4.72 Å². The van der Waals surface area contributed by atoms with Crippen molar-refractivity contribution in [2.45, 2.75) is 23.8 Å². The molecule has 3 N–H and O–H groups in total. The Hall–Kier alpha value is -1.22. The number of rotatable bonds is 6. The number of benzene rings is 1. The van der Waals surface area contributed by atoms with E-state index in [4.69, 9.17) is 17.3 Å². The molecule has 1 aliphatic carbocycles. The minimum atomic E-state index is -3.98. The average molecular weight is 320 g/mol. The fraction of sp³-hybridized carbons (Fsp3) is 0.455. The van der Waals surface area contributed by atoms with Crippen LogP contribution in [0.15, 0.2) is 23.1 Å². The molecule has 1 saturated carbocycles. The summed E-state index contributed by atoms with van der Waals surface area (Å²) < 4.78 is 26.5. The monoisotopic (exact) mass is 319 g/mol. The molecule has 2 rings (SSSR count). The predicted octanol–water partition coefficient (Wildman–Crippen LogP) is 1.26. The van der Waals surface area contributed by atoms with Gasteiger partial charge in [-0.25, -0.2) is 13.1 Å². The largest absolute Gasteiger partial charge is 0.326 e. The fourth-order valence-electron chi connectivity index (χ4n) is 1.84. The normalized spacial score (nSPS) is 16.9. The van der Waals surface area contributed by atoms with Crippen molar-refractivity contribution in [1.29, 1.82) is 0 Å². The van der Waals surface area contributed by atoms with Crippen molar-refractivity contribution >= 4 is 27.3 Å². The summed E-state index contributed by atoms with van der Waals surface area (Å²) in [4.78, 5) is 9.72. The van der Waals surface area contributed by atoms with E-state index in [0.717, 1.165) is 25.0 Å². The third kappa shape index (κ3) is 3.45. The first-order valence-corrected chi connectivity index (χ1v) is 7.86. The second kappa shape index (κ2) is 5.65. The van der Waals surface area contributed by atoms with E-state index >= 15 is 0 Å². The molecule has 0 aliphatic heterocycles. The third-order valence-electron chi connectivity index (χ3n) is 3.14. The SMILES string of the molecule is NC(CNS(=O)(=O)c1ccc(Cl)cc1[N+](=O)[O-])C1CC1. The van der Waals surface area contributed by atoms with Crippen molar-refractivity contribution in [2.24, 2.45) is 11.7 Å². The molecule has 7 nitrogen and oxygen atoms in total. The molecule has 1 unspecified atom stereocenters. The van der Waals surface area contributed by atoms with Crippen LogP contribution < -0.4 is 10.5 Å². The first-order chi connectivity index (χ1) is 9.31. The quantitative estimate of drug-likeness (QED) is 0.605. The van der Waals surface area contributed by atoms with Crippen LogP contribution in [0.2, 0.25) is 5.02 Å². The van der Waals surface area contributed by atoms with Crippen molar-refractivity contribution in [3.63, 3.8) is 0 Å². The maximum Gasteiger partial charge on any atom is 0.290 e. The minimum Gasteiger partial charge on any atom is -0.326 e. The molecule has 0 saturated heterocycles. The molecule has 20 heavy (non-hydrogen) atoms. The standard InChI is InChI=1S/C11H14ClN3O4S/c12-8-3-4-11(10(5-8)15(16)17)20(18,19)14-6-9(13)7-1-2-7/h3-5,7,9,14H,1-2,6,13H2. The Morgan fingerprint density at radius 2 is 2.15 bits per heavy atom. The first kappa shape index (κ1) is 15.2.